The molecule has 0 fully saturated rings. The highest BCUT2D eigenvalue weighted by Gasteiger charge is 2.00. The highest BCUT2D eigenvalue weighted by atomic mass is 32.2. The molecule has 0 saturated carbocycles. The lowest BCUT2D eigenvalue weighted by Crippen LogP contribution is -1.97. The van der Waals surface area contributed by atoms with Gasteiger partial charge in [-0.2, -0.15) is 0 Å². The Hall–Kier alpha value is -1.07. The summed E-state index contributed by atoms with van der Waals surface area (Å²) in [6.07, 6.45) is 3.67. The van der Waals surface area contributed by atoms with Crippen LogP contribution in [0.15, 0.2) is 34.2 Å². The fraction of sp³-hybridized carbons (Fsp3) is 0.273. The van der Waals surface area contributed by atoms with E-state index in [1.807, 2.05) is 23.8 Å². The molecular formula is C11H13N3S2. The van der Waals surface area contributed by atoms with E-state index in [1.165, 1.54) is 0 Å². The molecule has 0 spiro atoms. The van der Waals surface area contributed by atoms with Gasteiger partial charge in [0.2, 0.25) is 0 Å². The lowest BCUT2D eigenvalue weighted by atomic mass is 10.3. The minimum Gasteiger partial charge on any atom is -0.385 e. The molecule has 3 nitrogen and oxygen atoms in total. The van der Waals surface area contributed by atoms with Crippen LogP contribution in [0.5, 0.6) is 0 Å². The topological polar surface area (TPSA) is 37.8 Å². The number of nitrogens with one attached hydrogen (secondary N) is 1. The molecule has 5 heteroatoms. The molecule has 2 rings (SSSR count). The van der Waals surface area contributed by atoms with E-state index in [0.29, 0.717) is 0 Å². The quantitative estimate of drug-likeness (QED) is 0.828. The molecule has 2 aromatic heterocycles. The van der Waals surface area contributed by atoms with E-state index in [9.17, 15) is 0 Å². The van der Waals surface area contributed by atoms with Gasteiger partial charge in [-0.05, 0) is 19.1 Å². The van der Waals surface area contributed by atoms with Crippen LogP contribution in [0.25, 0.3) is 0 Å². The van der Waals surface area contributed by atoms with Gasteiger partial charge in [-0.15, -0.1) is 11.3 Å². The molecule has 1 N–H and O–H groups in total. The van der Waals surface area contributed by atoms with Gasteiger partial charge in [0.1, 0.15) is 4.34 Å². The lowest BCUT2D eigenvalue weighted by Gasteiger charge is -2.04. The Labute approximate surface area is 103 Å². The maximum Gasteiger partial charge on any atom is 0.150 e. The van der Waals surface area contributed by atoms with Crippen molar-refractivity contribution >= 4 is 28.8 Å². The van der Waals surface area contributed by atoms with Crippen LogP contribution in [0.4, 0.5) is 5.69 Å². The molecule has 0 saturated heterocycles. The van der Waals surface area contributed by atoms with E-state index in [2.05, 4.69) is 28.3 Å². The second-order valence-electron chi connectivity index (χ2n) is 3.15. The molecule has 16 heavy (non-hydrogen) atoms. The number of anilines is 1. The van der Waals surface area contributed by atoms with E-state index in [0.717, 1.165) is 28.0 Å². The average Bonchev–Trinajstić information content (AvgIpc) is 2.80. The Kier molecular flexibility index (Phi) is 4.18. The van der Waals surface area contributed by atoms with Crippen LogP contribution >= 0.6 is 23.1 Å². The van der Waals surface area contributed by atoms with Crippen molar-refractivity contribution in [1.82, 2.24) is 9.97 Å². The summed E-state index contributed by atoms with van der Waals surface area (Å²) in [7, 11) is 0. The fourth-order valence-electron chi connectivity index (χ4n) is 1.29. The van der Waals surface area contributed by atoms with E-state index >= 15 is 0 Å². The van der Waals surface area contributed by atoms with Crippen molar-refractivity contribution in [1.29, 1.82) is 0 Å². The molecule has 0 bridgehead atoms. The molecule has 0 radical (unpaired) electrons. The van der Waals surface area contributed by atoms with Gasteiger partial charge in [-0.25, -0.2) is 4.98 Å². The molecular weight excluding hydrogens is 238 g/mol. The maximum absolute atomic E-state index is 4.34. The zero-order valence-electron chi connectivity index (χ0n) is 9.01. The normalized spacial score (nSPS) is 10.3. The second kappa shape index (κ2) is 5.86. The Bertz CT molecular complexity index is 429. The van der Waals surface area contributed by atoms with Crippen molar-refractivity contribution < 1.29 is 0 Å². The zero-order valence-corrected chi connectivity index (χ0v) is 10.6. The Morgan fingerprint density at radius 1 is 1.38 bits per heavy atom. The molecule has 2 heterocycles. The van der Waals surface area contributed by atoms with Crippen LogP contribution in [0.2, 0.25) is 0 Å². The number of thioether (sulfide) groups is 1. The standard InChI is InChI=1S/C11H13N3S2/c1-2-12-9-3-4-13-10(7-9)8-16-11-14-5-6-15-11/h3-7H,2,8H2,1H3,(H,12,13). The summed E-state index contributed by atoms with van der Waals surface area (Å²) < 4.78 is 1.09. The van der Waals surface area contributed by atoms with E-state index in [1.54, 1.807) is 23.1 Å². The minimum absolute atomic E-state index is 0.868. The van der Waals surface area contributed by atoms with Crippen molar-refractivity contribution in [3.05, 3.63) is 35.6 Å². The monoisotopic (exact) mass is 251 g/mol. The van der Waals surface area contributed by atoms with E-state index < -0.39 is 0 Å². The van der Waals surface area contributed by atoms with Crippen LogP contribution in [0.3, 0.4) is 0 Å². The highest BCUT2D eigenvalue weighted by molar-refractivity contribution is 8.00. The Morgan fingerprint density at radius 2 is 2.31 bits per heavy atom. The number of thiazole rings is 1. The third-order valence-electron chi connectivity index (χ3n) is 1.95. The van der Waals surface area contributed by atoms with Crippen LogP contribution in [-0.4, -0.2) is 16.5 Å². The molecule has 0 aliphatic heterocycles. The Morgan fingerprint density at radius 3 is 3.06 bits per heavy atom. The molecule has 0 unspecified atom stereocenters. The maximum atomic E-state index is 4.34. The molecule has 84 valence electrons. The molecule has 0 aliphatic rings. The van der Waals surface area contributed by atoms with Crippen molar-refractivity contribution in [3.63, 3.8) is 0 Å². The summed E-state index contributed by atoms with van der Waals surface area (Å²) in [6, 6.07) is 4.07. The largest absolute Gasteiger partial charge is 0.385 e. The van der Waals surface area contributed by atoms with Crippen molar-refractivity contribution in [2.24, 2.45) is 0 Å². The summed E-state index contributed by atoms with van der Waals surface area (Å²) in [6.45, 7) is 3.02. The summed E-state index contributed by atoms with van der Waals surface area (Å²) in [5.41, 5.74) is 2.21. The van der Waals surface area contributed by atoms with Gasteiger partial charge in [0.05, 0.1) is 5.69 Å². The van der Waals surface area contributed by atoms with E-state index in [4.69, 9.17) is 0 Å². The third kappa shape index (κ3) is 3.21. The molecule has 0 atom stereocenters. The summed E-state index contributed by atoms with van der Waals surface area (Å²) in [5.74, 6) is 0.868. The van der Waals surface area contributed by atoms with Gasteiger partial charge in [0.15, 0.2) is 0 Å². The zero-order chi connectivity index (χ0) is 11.2. The summed E-state index contributed by atoms with van der Waals surface area (Å²) >= 11 is 3.39. The smallest absolute Gasteiger partial charge is 0.150 e. The fourth-order valence-corrected chi connectivity index (χ4v) is 2.83. The molecule has 0 amide bonds. The lowest BCUT2D eigenvalue weighted by molar-refractivity contribution is 1.14. The van der Waals surface area contributed by atoms with Crippen molar-refractivity contribution in [2.45, 2.75) is 17.0 Å². The molecule has 0 aliphatic carbocycles. The summed E-state index contributed by atoms with van der Waals surface area (Å²) in [5, 5.41) is 5.27. The van der Waals surface area contributed by atoms with Crippen LogP contribution in [0.1, 0.15) is 12.6 Å². The SMILES string of the molecule is CCNc1ccnc(CSc2nccs2)c1. The first-order valence-electron chi connectivity index (χ1n) is 5.09. The van der Waals surface area contributed by atoms with Crippen LogP contribution in [0, 0.1) is 0 Å². The summed E-state index contributed by atoms with van der Waals surface area (Å²) in [4.78, 5) is 8.57. The molecule has 2 aromatic rings. The average molecular weight is 251 g/mol. The van der Waals surface area contributed by atoms with Gasteiger partial charge in [-0.1, -0.05) is 11.8 Å². The number of rotatable bonds is 5. The number of aromatic nitrogens is 2. The molecule has 0 aromatic carbocycles. The van der Waals surface area contributed by atoms with Gasteiger partial charge in [0, 0.05) is 35.8 Å². The predicted octanol–water partition coefficient (Wildman–Crippen LogP) is 3.26. The van der Waals surface area contributed by atoms with E-state index in [-0.39, 0.29) is 0 Å². The Balaban J connectivity index is 1.96. The number of pyridine rings is 1. The van der Waals surface area contributed by atoms with Crippen molar-refractivity contribution in [2.75, 3.05) is 11.9 Å². The number of nitrogens with zero attached hydrogens (tertiary/aromatic N) is 2. The van der Waals surface area contributed by atoms with Gasteiger partial charge in [0.25, 0.3) is 0 Å². The number of hydrogen-bond donors (Lipinski definition) is 1. The second-order valence-corrected chi connectivity index (χ2v) is 5.27. The first kappa shape index (κ1) is 11.4. The first-order chi connectivity index (χ1) is 7.88. The highest BCUT2D eigenvalue weighted by Crippen LogP contribution is 2.24. The minimum atomic E-state index is 0.868. The predicted molar refractivity (Wildman–Crippen MR) is 70.1 cm³/mol. The van der Waals surface area contributed by atoms with Crippen LogP contribution < -0.4 is 5.32 Å². The van der Waals surface area contributed by atoms with Gasteiger partial charge in [-0.3, -0.25) is 4.98 Å². The van der Waals surface area contributed by atoms with Crippen LogP contribution in [-0.2, 0) is 5.75 Å². The number of hydrogen-bond acceptors (Lipinski definition) is 5. The van der Waals surface area contributed by atoms with Gasteiger partial charge < -0.3 is 5.32 Å². The van der Waals surface area contributed by atoms with Crippen molar-refractivity contribution in [3.8, 4) is 0 Å². The first-order valence-corrected chi connectivity index (χ1v) is 6.96. The third-order valence-corrected chi connectivity index (χ3v) is 3.95. The van der Waals surface area contributed by atoms with Gasteiger partial charge >= 0.3 is 0 Å².